The Morgan fingerprint density at radius 2 is 1.41 bits per heavy atom. The second-order valence-corrected chi connectivity index (χ2v) is 8.41. The van der Waals surface area contributed by atoms with Gasteiger partial charge in [0.25, 0.3) is 0 Å². The average Bonchev–Trinajstić information content (AvgIpc) is 2.84. The molecule has 0 aromatic heterocycles. The average molecular weight is 444 g/mol. The zero-order valence-electron chi connectivity index (χ0n) is 18.8. The monoisotopic (exact) mass is 443 g/mol. The van der Waals surface area contributed by atoms with Crippen LogP contribution in [0.5, 0.6) is 5.75 Å². The molecule has 0 amide bonds. The van der Waals surface area contributed by atoms with Crippen LogP contribution in [0, 0.1) is 0 Å². The number of ether oxygens (including phenoxy) is 1. The fourth-order valence-electron chi connectivity index (χ4n) is 4.35. The van der Waals surface area contributed by atoms with Gasteiger partial charge in [0.15, 0.2) is 0 Å². The molecule has 0 fully saturated rings. The van der Waals surface area contributed by atoms with Crippen LogP contribution in [0.1, 0.15) is 36.5 Å². The highest BCUT2D eigenvalue weighted by Crippen LogP contribution is 2.41. The summed E-state index contributed by atoms with van der Waals surface area (Å²) in [5, 5.41) is 3.18. The highest BCUT2D eigenvalue weighted by molar-refractivity contribution is 6.30. The molecule has 164 valence electrons. The van der Waals surface area contributed by atoms with Gasteiger partial charge in [-0.1, -0.05) is 98.2 Å². The number of likely N-dealkylation sites (N-methyl/N-ethyl adjacent to an activating group) is 1. The van der Waals surface area contributed by atoms with E-state index in [9.17, 15) is 0 Å². The van der Waals surface area contributed by atoms with Crippen molar-refractivity contribution in [2.75, 3.05) is 26.2 Å². The van der Waals surface area contributed by atoms with Crippen molar-refractivity contribution in [3.8, 4) is 5.75 Å². The van der Waals surface area contributed by atoms with E-state index in [4.69, 9.17) is 16.3 Å². The Morgan fingerprint density at radius 1 is 0.750 bits per heavy atom. The lowest BCUT2D eigenvalue weighted by molar-refractivity contribution is 0.222. The number of fused-ring (bicyclic) bond motifs is 1. The van der Waals surface area contributed by atoms with Gasteiger partial charge in [-0.05, 0) is 53.2 Å². The Labute approximate surface area is 196 Å². The third-order valence-corrected chi connectivity index (χ3v) is 6.37. The van der Waals surface area contributed by atoms with E-state index in [1.807, 2.05) is 12.1 Å². The van der Waals surface area contributed by atoms with Gasteiger partial charge in [0.05, 0.1) is 0 Å². The summed E-state index contributed by atoms with van der Waals surface area (Å²) in [5.74, 6) is 0.989. The van der Waals surface area contributed by atoms with E-state index in [-0.39, 0.29) is 5.92 Å². The molecule has 0 aliphatic heterocycles. The number of rotatable bonds is 9. The fraction of sp³-hybridized carbons (Fsp3) is 0.241. The minimum atomic E-state index is 0.0445. The highest BCUT2D eigenvalue weighted by atomic mass is 35.5. The van der Waals surface area contributed by atoms with Crippen molar-refractivity contribution >= 4 is 22.4 Å². The molecule has 2 nitrogen and oxygen atoms in total. The Kier molecular flexibility index (Phi) is 7.47. The Morgan fingerprint density at radius 3 is 2.12 bits per heavy atom. The van der Waals surface area contributed by atoms with E-state index < -0.39 is 0 Å². The molecule has 4 rings (SSSR count). The van der Waals surface area contributed by atoms with Crippen molar-refractivity contribution in [2.24, 2.45) is 0 Å². The van der Waals surface area contributed by atoms with Crippen LogP contribution in [-0.2, 0) is 0 Å². The van der Waals surface area contributed by atoms with Crippen LogP contribution in [0.3, 0.4) is 0 Å². The topological polar surface area (TPSA) is 12.5 Å². The van der Waals surface area contributed by atoms with Crippen LogP contribution in [0.15, 0.2) is 91.0 Å². The maximum Gasteiger partial charge on any atom is 0.124 e. The smallest absolute Gasteiger partial charge is 0.124 e. The Hall–Kier alpha value is -2.81. The van der Waals surface area contributed by atoms with Crippen molar-refractivity contribution in [2.45, 2.75) is 19.8 Å². The van der Waals surface area contributed by atoms with E-state index in [0.29, 0.717) is 6.61 Å². The third kappa shape index (κ3) is 4.98. The van der Waals surface area contributed by atoms with Gasteiger partial charge in [0.2, 0.25) is 0 Å². The summed E-state index contributed by atoms with van der Waals surface area (Å²) in [6.07, 6.45) is 0. The van der Waals surface area contributed by atoms with Gasteiger partial charge in [-0.25, -0.2) is 0 Å². The zero-order chi connectivity index (χ0) is 22.3. The molecule has 4 aromatic rings. The molecule has 0 aliphatic rings. The maximum absolute atomic E-state index is 6.46. The van der Waals surface area contributed by atoms with Crippen LogP contribution >= 0.6 is 11.6 Å². The third-order valence-electron chi connectivity index (χ3n) is 6.12. The van der Waals surface area contributed by atoms with Crippen LogP contribution < -0.4 is 4.74 Å². The molecule has 0 N–H and O–H groups in total. The largest absolute Gasteiger partial charge is 0.492 e. The molecule has 32 heavy (non-hydrogen) atoms. The lowest BCUT2D eigenvalue weighted by Gasteiger charge is -2.25. The van der Waals surface area contributed by atoms with Gasteiger partial charge in [-0.3, -0.25) is 0 Å². The number of halogens is 1. The molecule has 0 radical (unpaired) electrons. The van der Waals surface area contributed by atoms with E-state index in [1.54, 1.807) is 0 Å². The molecule has 0 heterocycles. The summed E-state index contributed by atoms with van der Waals surface area (Å²) in [6.45, 7) is 8.02. The zero-order valence-corrected chi connectivity index (χ0v) is 19.6. The summed E-state index contributed by atoms with van der Waals surface area (Å²) < 4.78 is 6.46. The van der Waals surface area contributed by atoms with E-state index in [2.05, 4.69) is 97.6 Å². The Balaban J connectivity index is 1.85. The lowest BCUT2D eigenvalue weighted by atomic mass is 9.82. The van der Waals surface area contributed by atoms with Crippen LogP contribution in [0.25, 0.3) is 10.8 Å². The van der Waals surface area contributed by atoms with E-state index >= 15 is 0 Å². The van der Waals surface area contributed by atoms with Gasteiger partial charge < -0.3 is 9.64 Å². The standard InChI is InChI=1S/C29H30ClNO/c1-3-31(4-2)20-21-32-27-19-16-22-10-8-9-13-26(22)29(27)28(23-11-6-5-7-12-23)24-14-17-25(30)18-15-24/h5-19,28H,3-4,20-21H2,1-2H3. The number of nitrogens with zero attached hydrogens (tertiary/aromatic N) is 1. The first-order chi connectivity index (χ1) is 15.7. The summed E-state index contributed by atoms with van der Waals surface area (Å²) in [7, 11) is 0. The van der Waals surface area contributed by atoms with Gasteiger partial charge in [-0.2, -0.15) is 0 Å². The number of hydrogen-bond donors (Lipinski definition) is 0. The summed E-state index contributed by atoms with van der Waals surface area (Å²) >= 11 is 6.23. The quantitative estimate of drug-likeness (QED) is 0.250. The predicted octanol–water partition coefficient (Wildman–Crippen LogP) is 7.39. The molecule has 4 aromatic carbocycles. The molecule has 0 bridgehead atoms. The second kappa shape index (κ2) is 10.7. The number of benzene rings is 4. The molecule has 0 aliphatic carbocycles. The molecular formula is C29H30ClNO. The predicted molar refractivity (Wildman–Crippen MR) is 136 cm³/mol. The van der Waals surface area contributed by atoms with Crippen molar-refractivity contribution in [3.63, 3.8) is 0 Å². The van der Waals surface area contributed by atoms with Crippen molar-refractivity contribution in [1.29, 1.82) is 0 Å². The lowest BCUT2D eigenvalue weighted by Crippen LogP contribution is -2.28. The number of hydrogen-bond acceptors (Lipinski definition) is 2. The summed E-state index contributed by atoms with van der Waals surface area (Å²) in [5.41, 5.74) is 3.64. The Bertz CT molecular complexity index is 1140. The van der Waals surface area contributed by atoms with Crippen molar-refractivity contribution in [3.05, 3.63) is 113 Å². The summed E-state index contributed by atoms with van der Waals surface area (Å²) in [4.78, 5) is 2.38. The van der Waals surface area contributed by atoms with Gasteiger partial charge in [0, 0.05) is 23.0 Å². The molecule has 0 spiro atoms. The van der Waals surface area contributed by atoms with Crippen LogP contribution in [-0.4, -0.2) is 31.1 Å². The van der Waals surface area contributed by atoms with Crippen molar-refractivity contribution in [1.82, 2.24) is 4.90 Å². The van der Waals surface area contributed by atoms with Crippen LogP contribution in [0.2, 0.25) is 5.02 Å². The highest BCUT2D eigenvalue weighted by Gasteiger charge is 2.23. The van der Waals surface area contributed by atoms with E-state index in [1.165, 1.54) is 27.5 Å². The van der Waals surface area contributed by atoms with Crippen LogP contribution in [0.4, 0.5) is 0 Å². The molecular weight excluding hydrogens is 414 g/mol. The minimum Gasteiger partial charge on any atom is -0.492 e. The van der Waals surface area contributed by atoms with Gasteiger partial charge >= 0.3 is 0 Å². The maximum atomic E-state index is 6.46. The van der Waals surface area contributed by atoms with Gasteiger partial charge in [-0.15, -0.1) is 0 Å². The first-order valence-corrected chi connectivity index (χ1v) is 11.8. The SMILES string of the molecule is CCN(CC)CCOc1ccc2ccccc2c1C(c1ccccc1)c1ccc(Cl)cc1. The normalized spacial score (nSPS) is 12.2. The van der Waals surface area contributed by atoms with Gasteiger partial charge in [0.1, 0.15) is 12.4 Å². The fourth-order valence-corrected chi connectivity index (χ4v) is 4.48. The minimum absolute atomic E-state index is 0.0445. The first-order valence-electron chi connectivity index (χ1n) is 11.4. The summed E-state index contributed by atoms with van der Waals surface area (Å²) in [6, 6.07) is 31.7. The molecule has 0 saturated heterocycles. The van der Waals surface area contributed by atoms with Crippen molar-refractivity contribution < 1.29 is 4.74 Å². The molecule has 3 heteroatoms. The second-order valence-electron chi connectivity index (χ2n) is 7.97. The molecule has 0 saturated carbocycles. The first kappa shape index (κ1) is 22.4. The molecule has 1 atom stereocenters. The van der Waals surface area contributed by atoms with E-state index in [0.717, 1.165) is 30.4 Å². The molecule has 1 unspecified atom stereocenters.